The Balaban J connectivity index is 1.21. The number of aromatic nitrogens is 1. The van der Waals surface area contributed by atoms with Gasteiger partial charge in [0.25, 0.3) is 0 Å². The van der Waals surface area contributed by atoms with E-state index in [9.17, 15) is 4.39 Å². The molecule has 1 aromatic heterocycles. The first-order valence-electron chi connectivity index (χ1n) is 9.56. The fraction of sp³-hybridized carbons (Fsp3) is 0.304. The molecule has 0 amide bonds. The molecule has 2 fully saturated rings. The smallest absolute Gasteiger partial charge is 0.128 e. The fourth-order valence-corrected chi connectivity index (χ4v) is 3.66. The lowest BCUT2D eigenvalue weighted by atomic mass is 9.92. The zero-order chi connectivity index (χ0) is 18.2. The van der Waals surface area contributed by atoms with Crippen LogP contribution in [0.1, 0.15) is 42.7 Å². The second-order valence-corrected chi connectivity index (χ2v) is 7.50. The maximum atomic E-state index is 14.2. The third-order valence-electron chi connectivity index (χ3n) is 5.49. The van der Waals surface area contributed by atoms with Crippen molar-refractivity contribution in [2.75, 3.05) is 0 Å². The number of nitrogens with zero attached hydrogens (tertiary/aromatic N) is 2. The Labute approximate surface area is 157 Å². The number of aliphatic imine (C=N–C) groups is 1. The van der Waals surface area contributed by atoms with Gasteiger partial charge in [-0.05, 0) is 60.0 Å². The molecule has 27 heavy (non-hydrogen) atoms. The molecule has 0 N–H and O–H groups in total. The van der Waals surface area contributed by atoms with Gasteiger partial charge in [0.05, 0.1) is 6.54 Å². The minimum atomic E-state index is -0.207. The predicted molar refractivity (Wildman–Crippen MR) is 105 cm³/mol. The first kappa shape index (κ1) is 16.4. The van der Waals surface area contributed by atoms with E-state index in [2.05, 4.69) is 34.2 Å². The lowest BCUT2D eigenvalue weighted by molar-refractivity contribution is 0.191. The van der Waals surface area contributed by atoms with Gasteiger partial charge in [-0.15, -0.1) is 0 Å². The maximum Gasteiger partial charge on any atom is 0.128 e. The van der Waals surface area contributed by atoms with E-state index in [1.807, 2.05) is 6.07 Å². The molecule has 2 aliphatic rings. The highest BCUT2D eigenvalue weighted by Crippen LogP contribution is 2.40. The molecule has 136 valence electrons. The highest BCUT2D eigenvalue weighted by molar-refractivity contribution is 5.91. The molecule has 0 bridgehead atoms. The summed E-state index contributed by atoms with van der Waals surface area (Å²) in [5, 5.41) is 1.83. The highest BCUT2D eigenvalue weighted by Gasteiger charge is 2.27. The van der Waals surface area contributed by atoms with Crippen molar-refractivity contribution in [3.8, 4) is 5.75 Å². The number of pyridine rings is 1. The van der Waals surface area contributed by atoms with Gasteiger partial charge >= 0.3 is 0 Å². The number of hydrogen-bond donors (Lipinski definition) is 0. The van der Waals surface area contributed by atoms with Crippen LogP contribution in [0, 0.1) is 5.82 Å². The van der Waals surface area contributed by atoms with Crippen LogP contribution in [0.3, 0.4) is 0 Å². The van der Waals surface area contributed by atoms with Crippen LogP contribution in [-0.4, -0.2) is 16.8 Å². The number of ether oxygens (including phenoxy) is 1. The highest BCUT2D eigenvalue weighted by atomic mass is 19.1. The Morgan fingerprint density at radius 2 is 1.85 bits per heavy atom. The van der Waals surface area contributed by atoms with E-state index < -0.39 is 0 Å². The second kappa shape index (κ2) is 6.76. The zero-order valence-electron chi connectivity index (χ0n) is 15.1. The number of rotatable bonds is 5. The number of benzene rings is 2. The first-order valence-corrected chi connectivity index (χ1v) is 9.56. The van der Waals surface area contributed by atoms with Gasteiger partial charge < -0.3 is 4.74 Å². The van der Waals surface area contributed by atoms with Gasteiger partial charge in [-0.3, -0.25) is 9.98 Å². The van der Waals surface area contributed by atoms with Gasteiger partial charge in [-0.1, -0.05) is 12.1 Å². The summed E-state index contributed by atoms with van der Waals surface area (Å²) in [5.41, 5.74) is 3.16. The molecule has 3 nitrogen and oxygen atoms in total. The van der Waals surface area contributed by atoms with Gasteiger partial charge in [-0.2, -0.15) is 0 Å². The Bertz CT molecular complexity index is 1000. The van der Waals surface area contributed by atoms with Crippen LogP contribution < -0.4 is 4.74 Å². The predicted octanol–water partition coefficient (Wildman–Crippen LogP) is 5.43. The van der Waals surface area contributed by atoms with Crippen LogP contribution in [-0.2, 0) is 6.54 Å². The monoisotopic (exact) mass is 360 g/mol. The Morgan fingerprint density at radius 1 is 1.04 bits per heavy atom. The molecule has 0 saturated heterocycles. The summed E-state index contributed by atoms with van der Waals surface area (Å²) in [6.07, 6.45) is 7.90. The number of hydrogen-bond acceptors (Lipinski definition) is 3. The van der Waals surface area contributed by atoms with Gasteiger partial charge in [0, 0.05) is 41.9 Å². The minimum absolute atomic E-state index is 0.178. The molecular weight excluding hydrogens is 339 g/mol. The maximum absolute atomic E-state index is 14.2. The normalized spacial score (nSPS) is 19.0. The van der Waals surface area contributed by atoms with E-state index in [4.69, 9.17) is 4.74 Å². The minimum Gasteiger partial charge on any atom is -0.490 e. The first-order chi connectivity index (χ1) is 13.3. The largest absolute Gasteiger partial charge is 0.490 e. The van der Waals surface area contributed by atoms with Gasteiger partial charge in [0.1, 0.15) is 17.7 Å². The van der Waals surface area contributed by atoms with E-state index in [-0.39, 0.29) is 11.9 Å². The third-order valence-corrected chi connectivity index (χ3v) is 5.49. The van der Waals surface area contributed by atoms with Crippen LogP contribution in [0.5, 0.6) is 5.75 Å². The molecule has 2 saturated carbocycles. The molecule has 0 radical (unpaired) electrons. The van der Waals surface area contributed by atoms with E-state index in [0.717, 1.165) is 41.0 Å². The van der Waals surface area contributed by atoms with Crippen LogP contribution in [0.2, 0.25) is 0 Å². The zero-order valence-corrected chi connectivity index (χ0v) is 15.1. The van der Waals surface area contributed by atoms with E-state index in [1.54, 1.807) is 18.5 Å². The van der Waals surface area contributed by atoms with E-state index in [0.29, 0.717) is 12.1 Å². The molecule has 0 spiro atoms. The van der Waals surface area contributed by atoms with Crippen molar-refractivity contribution >= 4 is 16.5 Å². The molecule has 1 heterocycles. The number of fused-ring (bicyclic) bond motifs is 1. The lowest BCUT2D eigenvalue weighted by Crippen LogP contribution is -2.34. The van der Waals surface area contributed by atoms with Crippen molar-refractivity contribution in [2.45, 2.75) is 44.2 Å². The SMILES string of the molecule is Fc1ccc2cnccc2c1CN=C1CC(Oc2ccc(C3CC3)cc2)C1. The van der Waals surface area contributed by atoms with Gasteiger partial charge in [0.15, 0.2) is 0 Å². The average Bonchev–Trinajstić information content (AvgIpc) is 3.50. The quantitative estimate of drug-likeness (QED) is 0.608. The van der Waals surface area contributed by atoms with Crippen LogP contribution in [0.25, 0.3) is 10.8 Å². The van der Waals surface area contributed by atoms with Crippen molar-refractivity contribution < 1.29 is 9.13 Å². The summed E-state index contributed by atoms with van der Waals surface area (Å²) in [4.78, 5) is 8.72. The molecule has 0 atom stereocenters. The van der Waals surface area contributed by atoms with Crippen molar-refractivity contribution in [2.24, 2.45) is 4.99 Å². The summed E-state index contributed by atoms with van der Waals surface area (Å²) in [6, 6.07) is 13.6. The summed E-state index contributed by atoms with van der Waals surface area (Å²) in [6.45, 7) is 0.366. The van der Waals surface area contributed by atoms with Gasteiger partial charge in [0.2, 0.25) is 0 Å². The van der Waals surface area contributed by atoms with Crippen molar-refractivity contribution in [1.29, 1.82) is 0 Å². The third kappa shape index (κ3) is 3.44. The molecular formula is C23H21FN2O. The summed E-state index contributed by atoms with van der Waals surface area (Å²) >= 11 is 0. The van der Waals surface area contributed by atoms with Crippen molar-refractivity contribution in [1.82, 2.24) is 4.98 Å². The van der Waals surface area contributed by atoms with Crippen molar-refractivity contribution in [3.63, 3.8) is 0 Å². The molecule has 3 aromatic rings. The molecule has 0 aliphatic heterocycles. The fourth-order valence-electron chi connectivity index (χ4n) is 3.66. The van der Waals surface area contributed by atoms with Crippen LogP contribution >= 0.6 is 0 Å². The Kier molecular flexibility index (Phi) is 4.12. The Hall–Kier alpha value is -2.75. The van der Waals surface area contributed by atoms with Gasteiger partial charge in [-0.25, -0.2) is 4.39 Å². The molecule has 4 heteroatoms. The molecule has 0 unspecified atom stereocenters. The summed E-state index contributed by atoms with van der Waals surface area (Å²) in [7, 11) is 0. The molecule has 5 rings (SSSR count). The van der Waals surface area contributed by atoms with Crippen LogP contribution in [0.15, 0.2) is 59.9 Å². The summed E-state index contributed by atoms with van der Waals surface area (Å²) < 4.78 is 20.3. The molecule has 2 aromatic carbocycles. The number of halogens is 1. The Morgan fingerprint density at radius 3 is 2.63 bits per heavy atom. The van der Waals surface area contributed by atoms with Crippen molar-refractivity contribution in [3.05, 3.63) is 71.8 Å². The molecule has 2 aliphatic carbocycles. The van der Waals surface area contributed by atoms with E-state index in [1.165, 1.54) is 24.5 Å². The summed E-state index contributed by atoms with van der Waals surface area (Å²) in [5.74, 6) is 1.49. The van der Waals surface area contributed by atoms with Crippen LogP contribution in [0.4, 0.5) is 4.39 Å². The van der Waals surface area contributed by atoms with E-state index >= 15 is 0 Å². The standard InChI is InChI=1S/C23H21FN2O/c24-23-8-5-17-13-25-10-9-21(17)22(23)14-26-18-11-20(12-18)27-19-6-3-16(4-7-19)15-1-2-15/h3-10,13,15,20H,1-2,11-12,14H2. The average molecular weight is 360 g/mol. The lowest BCUT2D eigenvalue weighted by Gasteiger charge is -2.29. The topological polar surface area (TPSA) is 34.5 Å². The second-order valence-electron chi connectivity index (χ2n) is 7.50.